The molecule has 0 aromatic carbocycles. The number of aliphatic hydroxyl groups is 3. The highest BCUT2D eigenvalue weighted by Crippen LogP contribution is 2.25. The summed E-state index contributed by atoms with van der Waals surface area (Å²) in [4.78, 5) is 11.9. The van der Waals surface area contributed by atoms with E-state index in [-0.39, 0.29) is 19.6 Å². The molecule has 6 unspecified atom stereocenters. The van der Waals surface area contributed by atoms with Crippen LogP contribution >= 0.6 is 0 Å². The van der Waals surface area contributed by atoms with Crippen molar-refractivity contribution in [1.29, 1.82) is 0 Å². The van der Waals surface area contributed by atoms with Crippen LogP contribution in [0.15, 0.2) is 24.3 Å². The molecule has 0 radical (unpaired) electrons. The number of carbonyl (C=O) groups excluding carboxylic acids is 1. The Labute approximate surface area is 244 Å². The van der Waals surface area contributed by atoms with Crippen LogP contribution in [0.5, 0.6) is 0 Å². The molecule has 0 aromatic heterocycles. The van der Waals surface area contributed by atoms with Gasteiger partial charge in [-0.15, -0.1) is 0 Å². The summed E-state index contributed by atoms with van der Waals surface area (Å²) in [6.45, 7) is 3.24. The summed E-state index contributed by atoms with van der Waals surface area (Å²) in [5, 5.41) is 30.0. The molecule has 4 N–H and O–H groups in total. The van der Waals surface area contributed by atoms with Gasteiger partial charge >= 0.3 is 16.4 Å². The minimum atomic E-state index is -5.04. The van der Waals surface area contributed by atoms with E-state index >= 15 is 0 Å². The summed E-state index contributed by atoms with van der Waals surface area (Å²) in [6.07, 6.45) is 10.7. The molecule has 0 aliphatic carbocycles. The highest BCUT2D eigenvalue weighted by molar-refractivity contribution is 7.80. The Bertz CT molecular complexity index is 847. The van der Waals surface area contributed by atoms with Crippen molar-refractivity contribution in [2.24, 2.45) is 0 Å². The molecule has 1 saturated heterocycles. The van der Waals surface area contributed by atoms with Crippen molar-refractivity contribution in [3.05, 3.63) is 24.3 Å². The summed E-state index contributed by atoms with van der Waals surface area (Å²) in [7, 11) is -5.04. The predicted octanol–water partition coefficient (Wildman–Crippen LogP) is 3.00. The topological polar surface area (TPSA) is 178 Å². The quantitative estimate of drug-likeness (QED) is 0.0576. The Hall–Kier alpha value is -1.42. The van der Waals surface area contributed by atoms with Gasteiger partial charge in [0, 0.05) is 13.0 Å². The molecule has 1 rings (SSSR count). The van der Waals surface area contributed by atoms with Gasteiger partial charge in [0.15, 0.2) is 6.29 Å². The number of ether oxygens (including phenoxy) is 4. The molecule has 41 heavy (non-hydrogen) atoms. The van der Waals surface area contributed by atoms with Gasteiger partial charge in [0.25, 0.3) is 0 Å². The first-order valence-electron chi connectivity index (χ1n) is 14.6. The minimum Gasteiger partial charge on any atom is -0.457 e. The molecule has 13 heteroatoms. The molecular formula is C28H50O12S. The standard InChI is InChI=1S/C28H50O12S/c1-3-5-6-7-8-9-10-11-12-13-14-15-16-17-18-36-20-22(38-24(30)4-2)21-37-28-26(32)27(40-41(33,34)35)25(31)23(19-29)39-28/h6-7,9-10,22-23,25-29,31-32H,3-5,8,11-21H2,1-2H3,(H,33,34,35)/b7-6-,10-9-. The molecule has 1 aliphatic rings. The third-order valence-corrected chi connectivity index (χ3v) is 6.83. The van der Waals surface area contributed by atoms with E-state index in [1.807, 2.05) is 0 Å². The van der Waals surface area contributed by atoms with Crippen LogP contribution in [-0.4, -0.2) is 97.5 Å². The first-order chi connectivity index (χ1) is 19.6. The molecule has 1 heterocycles. The molecule has 12 nitrogen and oxygen atoms in total. The monoisotopic (exact) mass is 610 g/mol. The zero-order valence-electron chi connectivity index (χ0n) is 24.3. The molecule has 0 aromatic rings. The summed E-state index contributed by atoms with van der Waals surface area (Å²) in [5.74, 6) is -0.494. The molecular weight excluding hydrogens is 560 g/mol. The van der Waals surface area contributed by atoms with Crippen molar-refractivity contribution in [1.82, 2.24) is 0 Å². The molecule has 240 valence electrons. The van der Waals surface area contributed by atoms with Crippen LogP contribution in [-0.2, 0) is 38.3 Å². The lowest BCUT2D eigenvalue weighted by molar-refractivity contribution is -0.301. The largest absolute Gasteiger partial charge is 0.457 e. The van der Waals surface area contributed by atoms with Crippen LogP contribution in [0.3, 0.4) is 0 Å². The number of esters is 1. The summed E-state index contributed by atoms with van der Waals surface area (Å²) < 4.78 is 57.4. The van der Waals surface area contributed by atoms with Crippen LogP contribution in [0.2, 0.25) is 0 Å². The highest BCUT2D eigenvalue weighted by Gasteiger charge is 2.48. The minimum absolute atomic E-state index is 0.0194. The Morgan fingerprint density at radius 1 is 0.927 bits per heavy atom. The number of hydrogen-bond acceptors (Lipinski definition) is 11. The maximum atomic E-state index is 11.9. The van der Waals surface area contributed by atoms with E-state index < -0.39 is 59.8 Å². The van der Waals surface area contributed by atoms with E-state index in [0.717, 1.165) is 44.9 Å². The average Bonchev–Trinajstić information content (AvgIpc) is 2.93. The maximum Gasteiger partial charge on any atom is 0.397 e. The predicted molar refractivity (Wildman–Crippen MR) is 151 cm³/mol. The van der Waals surface area contributed by atoms with Crippen molar-refractivity contribution >= 4 is 16.4 Å². The van der Waals surface area contributed by atoms with Crippen LogP contribution in [0.4, 0.5) is 0 Å². The van der Waals surface area contributed by atoms with Crippen LogP contribution < -0.4 is 0 Å². The normalized spacial score (nSPS) is 24.3. The summed E-state index contributed by atoms with van der Waals surface area (Å²) in [6, 6.07) is 0. The molecule has 6 atom stereocenters. The van der Waals surface area contributed by atoms with E-state index in [4.69, 9.17) is 23.5 Å². The van der Waals surface area contributed by atoms with Gasteiger partial charge in [-0.1, -0.05) is 70.3 Å². The van der Waals surface area contributed by atoms with Gasteiger partial charge in [0.2, 0.25) is 0 Å². The Kier molecular flexibility index (Phi) is 20.3. The number of rotatable bonds is 23. The number of carbonyl (C=O) groups is 1. The lowest BCUT2D eigenvalue weighted by Crippen LogP contribution is -2.60. The zero-order chi connectivity index (χ0) is 30.5. The number of hydrogen-bond donors (Lipinski definition) is 4. The van der Waals surface area contributed by atoms with Gasteiger partial charge in [-0.3, -0.25) is 9.35 Å². The van der Waals surface area contributed by atoms with Crippen LogP contribution in [0.25, 0.3) is 0 Å². The van der Waals surface area contributed by atoms with Gasteiger partial charge in [-0.2, -0.15) is 8.42 Å². The van der Waals surface area contributed by atoms with E-state index in [1.54, 1.807) is 6.92 Å². The SMILES string of the molecule is CCC/C=C\C/C=C\CCCCCCCCOCC(COC1OC(CO)C(O)C(OS(=O)(=O)O)C1O)OC(=O)CC. The smallest absolute Gasteiger partial charge is 0.397 e. The van der Waals surface area contributed by atoms with E-state index in [1.165, 1.54) is 19.3 Å². The Morgan fingerprint density at radius 2 is 1.59 bits per heavy atom. The fraction of sp³-hybridized carbons (Fsp3) is 0.821. The first kappa shape index (κ1) is 37.6. The third-order valence-electron chi connectivity index (χ3n) is 6.36. The van der Waals surface area contributed by atoms with Gasteiger partial charge in [-0.05, 0) is 32.1 Å². The molecule has 1 aliphatic heterocycles. The van der Waals surface area contributed by atoms with Crippen molar-refractivity contribution < 1.29 is 56.2 Å². The summed E-state index contributed by atoms with van der Waals surface area (Å²) >= 11 is 0. The molecule has 0 saturated carbocycles. The zero-order valence-corrected chi connectivity index (χ0v) is 25.2. The Morgan fingerprint density at radius 3 is 2.22 bits per heavy atom. The van der Waals surface area contributed by atoms with Gasteiger partial charge < -0.3 is 34.3 Å². The lowest BCUT2D eigenvalue weighted by Gasteiger charge is -2.41. The fourth-order valence-electron chi connectivity index (χ4n) is 4.09. The lowest BCUT2D eigenvalue weighted by atomic mass is 9.99. The van der Waals surface area contributed by atoms with Crippen molar-refractivity contribution in [2.75, 3.05) is 26.4 Å². The van der Waals surface area contributed by atoms with Crippen molar-refractivity contribution in [2.45, 2.75) is 121 Å². The number of aliphatic hydroxyl groups excluding tert-OH is 3. The van der Waals surface area contributed by atoms with Crippen molar-refractivity contribution in [3.8, 4) is 0 Å². The van der Waals surface area contributed by atoms with Gasteiger partial charge in [0.05, 0.1) is 19.8 Å². The first-order valence-corrected chi connectivity index (χ1v) is 16.0. The highest BCUT2D eigenvalue weighted by atomic mass is 32.3. The summed E-state index contributed by atoms with van der Waals surface area (Å²) in [5.41, 5.74) is 0. The van der Waals surface area contributed by atoms with E-state index in [0.29, 0.717) is 6.61 Å². The molecule has 1 fully saturated rings. The van der Waals surface area contributed by atoms with Gasteiger partial charge in [0.1, 0.15) is 30.5 Å². The van der Waals surface area contributed by atoms with Gasteiger partial charge in [-0.25, -0.2) is 4.18 Å². The van der Waals surface area contributed by atoms with Crippen LogP contribution in [0, 0.1) is 0 Å². The Balaban J connectivity index is 2.36. The second-order valence-corrected chi connectivity index (χ2v) is 11.0. The molecule has 0 bridgehead atoms. The third kappa shape index (κ3) is 17.3. The number of allylic oxidation sites excluding steroid dienone is 4. The van der Waals surface area contributed by atoms with E-state index in [2.05, 4.69) is 35.4 Å². The second-order valence-electron chi connectivity index (χ2n) is 9.95. The average molecular weight is 611 g/mol. The van der Waals surface area contributed by atoms with E-state index in [9.17, 15) is 28.5 Å². The molecule has 0 spiro atoms. The van der Waals surface area contributed by atoms with Crippen molar-refractivity contribution in [3.63, 3.8) is 0 Å². The second kappa shape index (κ2) is 22.2. The maximum absolute atomic E-state index is 11.9. The number of unbranched alkanes of at least 4 members (excludes halogenated alkanes) is 7. The van der Waals surface area contributed by atoms with Crippen LogP contribution in [0.1, 0.15) is 84.5 Å². The fourth-order valence-corrected chi connectivity index (χ4v) is 4.60. The molecule has 0 amide bonds.